The molecule has 0 amide bonds. The third-order valence-corrected chi connectivity index (χ3v) is 3.21. The lowest BCUT2D eigenvalue weighted by atomic mass is 10.1. The van der Waals surface area contributed by atoms with Crippen molar-refractivity contribution in [2.45, 2.75) is 52.6 Å². The average Bonchev–Trinajstić information content (AvgIpc) is 2.77. The first-order chi connectivity index (χ1) is 8.63. The van der Waals surface area contributed by atoms with Crippen molar-refractivity contribution < 1.29 is 4.74 Å². The summed E-state index contributed by atoms with van der Waals surface area (Å²) < 4.78 is 5.62. The zero-order valence-electron chi connectivity index (χ0n) is 11.6. The van der Waals surface area contributed by atoms with Crippen LogP contribution in [0.2, 0.25) is 0 Å². The van der Waals surface area contributed by atoms with E-state index in [1.165, 1.54) is 25.7 Å². The van der Waals surface area contributed by atoms with Gasteiger partial charge in [0.05, 0.1) is 6.10 Å². The summed E-state index contributed by atoms with van der Waals surface area (Å²) in [4.78, 5) is 8.79. The van der Waals surface area contributed by atoms with Crippen LogP contribution in [0.15, 0.2) is 6.07 Å². The van der Waals surface area contributed by atoms with Gasteiger partial charge in [0.15, 0.2) is 0 Å². The Kier molecular flexibility index (Phi) is 4.39. The van der Waals surface area contributed by atoms with E-state index in [1.807, 2.05) is 26.8 Å². The molecule has 1 aliphatic carbocycles. The van der Waals surface area contributed by atoms with E-state index in [4.69, 9.17) is 4.74 Å². The van der Waals surface area contributed by atoms with Crippen LogP contribution in [-0.2, 0) is 0 Å². The summed E-state index contributed by atoms with van der Waals surface area (Å²) in [7, 11) is 0. The number of aryl methyl sites for hydroxylation is 1. The van der Waals surface area contributed by atoms with Crippen molar-refractivity contribution in [3.8, 4) is 5.88 Å². The Bertz CT molecular complexity index is 387. The molecule has 1 fully saturated rings. The molecule has 4 nitrogen and oxygen atoms in total. The normalized spacial score (nSPS) is 16.2. The average molecular weight is 249 g/mol. The number of ether oxygens (including phenoxy) is 1. The van der Waals surface area contributed by atoms with Gasteiger partial charge in [-0.2, -0.15) is 4.98 Å². The molecule has 1 aliphatic rings. The first kappa shape index (κ1) is 13.1. The Morgan fingerprint density at radius 3 is 2.72 bits per heavy atom. The van der Waals surface area contributed by atoms with Crippen LogP contribution in [0.4, 0.5) is 5.95 Å². The van der Waals surface area contributed by atoms with Crippen LogP contribution in [0.5, 0.6) is 5.88 Å². The predicted octanol–water partition coefficient (Wildman–Crippen LogP) is 3.17. The molecule has 0 aromatic carbocycles. The minimum atomic E-state index is 0.141. The lowest BCUT2D eigenvalue weighted by Gasteiger charge is -2.13. The van der Waals surface area contributed by atoms with Crippen molar-refractivity contribution in [1.82, 2.24) is 9.97 Å². The molecule has 1 aromatic rings. The molecule has 1 N–H and O–H groups in total. The summed E-state index contributed by atoms with van der Waals surface area (Å²) in [5, 5.41) is 3.34. The second kappa shape index (κ2) is 6.03. The second-order valence-electron chi connectivity index (χ2n) is 5.37. The molecule has 2 rings (SSSR count). The van der Waals surface area contributed by atoms with Gasteiger partial charge in [-0.15, -0.1) is 0 Å². The Labute approximate surface area is 109 Å². The van der Waals surface area contributed by atoms with E-state index in [2.05, 4.69) is 15.3 Å². The Morgan fingerprint density at radius 2 is 2.06 bits per heavy atom. The van der Waals surface area contributed by atoms with E-state index >= 15 is 0 Å². The van der Waals surface area contributed by atoms with Crippen molar-refractivity contribution in [2.75, 3.05) is 11.9 Å². The summed E-state index contributed by atoms with van der Waals surface area (Å²) in [5.41, 5.74) is 0.939. The summed E-state index contributed by atoms with van der Waals surface area (Å²) >= 11 is 0. The largest absolute Gasteiger partial charge is 0.475 e. The maximum absolute atomic E-state index is 5.62. The SMILES string of the molecule is Cc1cc(OC(C)C)nc(NCC2CCCC2)n1. The summed E-state index contributed by atoms with van der Waals surface area (Å²) in [6.45, 7) is 6.95. The highest BCUT2D eigenvalue weighted by molar-refractivity contribution is 5.30. The maximum atomic E-state index is 5.62. The fourth-order valence-corrected chi connectivity index (χ4v) is 2.37. The molecule has 0 spiro atoms. The fraction of sp³-hybridized carbons (Fsp3) is 0.714. The van der Waals surface area contributed by atoms with Gasteiger partial charge in [-0.05, 0) is 39.5 Å². The van der Waals surface area contributed by atoms with Gasteiger partial charge in [0.25, 0.3) is 0 Å². The zero-order valence-corrected chi connectivity index (χ0v) is 11.6. The van der Waals surface area contributed by atoms with E-state index < -0.39 is 0 Å². The third kappa shape index (κ3) is 3.86. The van der Waals surface area contributed by atoms with E-state index in [-0.39, 0.29) is 6.10 Å². The molecular formula is C14H23N3O. The minimum Gasteiger partial charge on any atom is -0.475 e. The molecule has 0 atom stereocenters. The van der Waals surface area contributed by atoms with Crippen LogP contribution in [0.25, 0.3) is 0 Å². The highest BCUT2D eigenvalue weighted by Gasteiger charge is 2.15. The van der Waals surface area contributed by atoms with Gasteiger partial charge in [0.2, 0.25) is 11.8 Å². The Hall–Kier alpha value is -1.32. The van der Waals surface area contributed by atoms with Crippen molar-refractivity contribution in [3.05, 3.63) is 11.8 Å². The van der Waals surface area contributed by atoms with Gasteiger partial charge in [-0.3, -0.25) is 0 Å². The van der Waals surface area contributed by atoms with Crippen LogP contribution in [0, 0.1) is 12.8 Å². The summed E-state index contributed by atoms with van der Waals surface area (Å²) in [6.07, 6.45) is 5.52. The zero-order chi connectivity index (χ0) is 13.0. The fourth-order valence-electron chi connectivity index (χ4n) is 2.37. The van der Waals surface area contributed by atoms with Crippen molar-refractivity contribution >= 4 is 5.95 Å². The number of hydrogen-bond acceptors (Lipinski definition) is 4. The van der Waals surface area contributed by atoms with Crippen molar-refractivity contribution in [3.63, 3.8) is 0 Å². The van der Waals surface area contributed by atoms with Gasteiger partial charge < -0.3 is 10.1 Å². The molecule has 0 aliphatic heterocycles. The molecule has 0 saturated heterocycles. The Morgan fingerprint density at radius 1 is 1.33 bits per heavy atom. The maximum Gasteiger partial charge on any atom is 0.226 e. The predicted molar refractivity (Wildman–Crippen MR) is 73.0 cm³/mol. The molecule has 4 heteroatoms. The summed E-state index contributed by atoms with van der Waals surface area (Å²) in [6, 6.07) is 1.88. The smallest absolute Gasteiger partial charge is 0.226 e. The lowest BCUT2D eigenvalue weighted by molar-refractivity contribution is 0.232. The van der Waals surface area contributed by atoms with E-state index in [9.17, 15) is 0 Å². The first-order valence-electron chi connectivity index (χ1n) is 6.89. The Balaban J connectivity index is 1.96. The van der Waals surface area contributed by atoms with Crippen LogP contribution in [-0.4, -0.2) is 22.6 Å². The van der Waals surface area contributed by atoms with Crippen LogP contribution in [0.1, 0.15) is 45.2 Å². The number of anilines is 1. The number of rotatable bonds is 5. The molecule has 100 valence electrons. The number of nitrogens with one attached hydrogen (secondary N) is 1. The number of hydrogen-bond donors (Lipinski definition) is 1. The minimum absolute atomic E-state index is 0.141. The molecule has 18 heavy (non-hydrogen) atoms. The molecule has 0 bridgehead atoms. The van der Waals surface area contributed by atoms with Gasteiger partial charge in [-0.25, -0.2) is 4.98 Å². The van der Waals surface area contributed by atoms with Gasteiger partial charge in [0, 0.05) is 18.3 Å². The highest BCUT2D eigenvalue weighted by atomic mass is 16.5. The van der Waals surface area contributed by atoms with E-state index in [0.29, 0.717) is 11.8 Å². The molecule has 1 aromatic heterocycles. The monoisotopic (exact) mass is 249 g/mol. The molecule has 1 heterocycles. The summed E-state index contributed by atoms with van der Waals surface area (Å²) in [5.74, 6) is 2.13. The van der Waals surface area contributed by atoms with Crippen molar-refractivity contribution in [1.29, 1.82) is 0 Å². The molecule has 1 saturated carbocycles. The quantitative estimate of drug-likeness (QED) is 0.870. The molecule has 0 unspecified atom stereocenters. The van der Waals surface area contributed by atoms with Crippen LogP contribution < -0.4 is 10.1 Å². The van der Waals surface area contributed by atoms with Crippen LogP contribution >= 0.6 is 0 Å². The third-order valence-electron chi connectivity index (χ3n) is 3.21. The highest BCUT2D eigenvalue weighted by Crippen LogP contribution is 2.24. The lowest BCUT2D eigenvalue weighted by Crippen LogP contribution is -2.14. The van der Waals surface area contributed by atoms with Crippen LogP contribution in [0.3, 0.4) is 0 Å². The standard InChI is InChI=1S/C14H23N3O/c1-10(2)18-13-8-11(3)16-14(17-13)15-9-12-6-4-5-7-12/h8,10,12H,4-7,9H2,1-3H3,(H,15,16,17). The topological polar surface area (TPSA) is 47.0 Å². The molecular weight excluding hydrogens is 226 g/mol. The van der Waals surface area contributed by atoms with E-state index in [0.717, 1.165) is 18.2 Å². The van der Waals surface area contributed by atoms with E-state index in [1.54, 1.807) is 0 Å². The number of aromatic nitrogens is 2. The van der Waals surface area contributed by atoms with Gasteiger partial charge in [-0.1, -0.05) is 12.8 Å². The van der Waals surface area contributed by atoms with Gasteiger partial charge >= 0.3 is 0 Å². The first-order valence-corrected chi connectivity index (χ1v) is 6.89. The second-order valence-corrected chi connectivity index (χ2v) is 5.37. The van der Waals surface area contributed by atoms with Gasteiger partial charge in [0.1, 0.15) is 0 Å². The number of nitrogens with zero attached hydrogens (tertiary/aromatic N) is 2. The molecule has 0 radical (unpaired) electrons. The van der Waals surface area contributed by atoms with Crippen molar-refractivity contribution in [2.24, 2.45) is 5.92 Å².